The molecule has 6 nitrogen and oxygen atoms in total. The standard InChI is InChI=1S/C14H18N4O2/c15-13-16-8-10-18(13)9-4-7-17-14(19)20-11-12-5-2-1-3-6-12/h1-3,5-6,8,10H,4,7,9,11H2,(H2,15,16)(H,17,19). The van der Waals surface area contributed by atoms with Gasteiger partial charge >= 0.3 is 6.09 Å². The van der Waals surface area contributed by atoms with Crippen LogP contribution in [0.1, 0.15) is 12.0 Å². The molecule has 0 fully saturated rings. The Morgan fingerprint density at radius 1 is 1.35 bits per heavy atom. The molecule has 1 amide bonds. The van der Waals surface area contributed by atoms with Crippen molar-refractivity contribution in [1.82, 2.24) is 14.9 Å². The summed E-state index contributed by atoms with van der Waals surface area (Å²) in [4.78, 5) is 15.4. The first-order valence-corrected chi connectivity index (χ1v) is 6.47. The molecular weight excluding hydrogens is 256 g/mol. The number of aromatic nitrogens is 2. The van der Waals surface area contributed by atoms with E-state index in [0.29, 0.717) is 19.0 Å². The maximum atomic E-state index is 11.5. The van der Waals surface area contributed by atoms with E-state index in [1.807, 2.05) is 41.1 Å². The third-order valence-electron chi connectivity index (χ3n) is 2.81. The van der Waals surface area contributed by atoms with Crippen molar-refractivity contribution in [2.75, 3.05) is 12.3 Å². The summed E-state index contributed by atoms with van der Waals surface area (Å²) >= 11 is 0. The summed E-state index contributed by atoms with van der Waals surface area (Å²) in [5.41, 5.74) is 6.60. The predicted molar refractivity (Wildman–Crippen MR) is 75.9 cm³/mol. The molecule has 0 radical (unpaired) electrons. The van der Waals surface area contributed by atoms with Gasteiger partial charge in [0.2, 0.25) is 0 Å². The summed E-state index contributed by atoms with van der Waals surface area (Å²) in [5.74, 6) is 0.483. The van der Waals surface area contributed by atoms with E-state index in [1.54, 1.807) is 6.20 Å². The smallest absolute Gasteiger partial charge is 0.407 e. The number of carbonyl (C=O) groups is 1. The SMILES string of the molecule is Nc1nccn1CCCNC(=O)OCc1ccccc1. The molecule has 106 valence electrons. The number of benzene rings is 1. The van der Waals surface area contributed by atoms with Crippen LogP contribution in [0.15, 0.2) is 42.7 Å². The number of alkyl carbamates (subject to hydrolysis) is 1. The second-order valence-electron chi connectivity index (χ2n) is 4.32. The van der Waals surface area contributed by atoms with Crippen molar-refractivity contribution in [2.45, 2.75) is 19.6 Å². The minimum absolute atomic E-state index is 0.279. The Bertz CT molecular complexity index is 539. The minimum atomic E-state index is -0.410. The van der Waals surface area contributed by atoms with Gasteiger partial charge in [0.1, 0.15) is 6.61 Å². The molecule has 1 aromatic heterocycles. The van der Waals surface area contributed by atoms with Crippen molar-refractivity contribution in [3.63, 3.8) is 0 Å². The van der Waals surface area contributed by atoms with Gasteiger partial charge in [-0.3, -0.25) is 0 Å². The summed E-state index contributed by atoms with van der Waals surface area (Å²) in [6, 6.07) is 9.56. The number of imidazole rings is 1. The van der Waals surface area contributed by atoms with Crippen LogP contribution in [-0.4, -0.2) is 22.2 Å². The number of nitrogen functional groups attached to an aromatic ring is 1. The number of hydrogen-bond donors (Lipinski definition) is 2. The fourth-order valence-corrected chi connectivity index (χ4v) is 1.74. The topological polar surface area (TPSA) is 82.2 Å². The van der Waals surface area contributed by atoms with Crippen molar-refractivity contribution < 1.29 is 9.53 Å². The predicted octanol–water partition coefficient (Wildman–Crippen LogP) is 1.78. The van der Waals surface area contributed by atoms with E-state index in [1.165, 1.54) is 0 Å². The number of anilines is 1. The summed E-state index contributed by atoms with van der Waals surface area (Å²) in [6.07, 6.45) is 3.81. The number of carbonyl (C=O) groups excluding carboxylic acids is 1. The summed E-state index contributed by atoms with van der Waals surface area (Å²) < 4.78 is 6.93. The lowest BCUT2D eigenvalue weighted by molar-refractivity contribution is 0.139. The van der Waals surface area contributed by atoms with Gasteiger partial charge in [0.15, 0.2) is 5.95 Å². The molecule has 0 saturated carbocycles. The number of aryl methyl sites for hydroxylation is 1. The van der Waals surface area contributed by atoms with Gasteiger partial charge in [0, 0.05) is 25.5 Å². The van der Waals surface area contributed by atoms with Gasteiger partial charge in [0.05, 0.1) is 0 Å². The first-order chi connectivity index (χ1) is 9.75. The zero-order chi connectivity index (χ0) is 14.2. The molecule has 0 aliphatic carbocycles. The largest absolute Gasteiger partial charge is 0.445 e. The highest BCUT2D eigenvalue weighted by atomic mass is 16.5. The molecule has 0 aliphatic rings. The molecule has 2 aromatic rings. The Morgan fingerprint density at radius 2 is 2.15 bits per heavy atom. The van der Waals surface area contributed by atoms with Gasteiger partial charge in [-0.15, -0.1) is 0 Å². The van der Waals surface area contributed by atoms with E-state index >= 15 is 0 Å². The lowest BCUT2D eigenvalue weighted by Crippen LogP contribution is -2.26. The Kier molecular flexibility index (Phi) is 5.00. The molecule has 0 unspecified atom stereocenters. The zero-order valence-corrected chi connectivity index (χ0v) is 11.2. The maximum Gasteiger partial charge on any atom is 0.407 e. The van der Waals surface area contributed by atoms with Crippen molar-refractivity contribution >= 4 is 12.0 Å². The number of rotatable bonds is 6. The molecule has 1 aromatic carbocycles. The summed E-state index contributed by atoms with van der Waals surface area (Å²) in [5, 5.41) is 2.70. The second kappa shape index (κ2) is 7.18. The van der Waals surface area contributed by atoms with Crippen LogP contribution in [0.3, 0.4) is 0 Å². The number of nitrogens with zero attached hydrogens (tertiary/aromatic N) is 2. The molecule has 3 N–H and O–H groups in total. The minimum Gasteiger partial charge on any atom is -0.445 e. The highest BCUT2D eigenvalue weighted by Gasteiger charge is 2.02. The average Bonchev–Trinajstić information content (AvgIpc) is 2.88. The van der Waals surface area contributed by atoms with Crippen molar-refractivity contribution in [2.24, 2.45) is 0 Å². The molecule has 0 bridgehead atoms. The van der Waals surface area contributed by atoms with Crippen LogP contribution in [0.4, 0.5) is 10.7 Å². The molecule has 0 atom stereocenters. The summed E-state index contributed by atoms with van der Waals surface area (Å²) in [7, 11) is 0. The van der Waals surface area contributed by atoms with Gasteiger partial charge in [-0.1, -0.05) is 30.3 Å². The number of ether oxygens (including phenoxy) is 1. The molecule has 0 aliphatic heterocycles. The molecule has 2 rings (SSSR count). The summed E-state index contributed by atoms with van der Waals surface area (Å²) in [6.45, 7) is 1.52. The van der Waals surface area contributed by atoms with Crippen LogP contribution in [0.5, 0.6) is 0 Å². The third-order valence-corrected chi connectivity index (χ3v) is 2.81. The maximum absolute atomic E-state index is 11.5. The van der Waals surface area contributed by atoms with Gasteiger partial charge in [-0.25, -0.2) is 9.78 Å². The van der Waals surface area contributed by atoms with Crippen molar-refractivity contribution in [3.05, 3.63) is 48.3 Å². The lowest BCUT2D eigenvalue weighted by Gasteiger charge is -2.08. The van der Waals surface area contributed by atoms with E-state index in [9.17, 15) is 4.79 Å². The first-order valence-electron chi connectivity index (χ1n) is 6.47. The molecule has 1 heterocycles. The van der Waals surface area contributed by atoms with E-state index in [4.69, 9.17) is 10.5 Å². The lowest BCUT2D eigenvalue weighted by atomic mass is 10.2. The molecular formula is C14H18N4O2. The average molecular weight is 274 g/mol. The Balaban J connectivity index is 1.60. The van der Waals surface area contributed by atoms with Crippen molar-refractivity contribution in [3.8, 4) is 0 Å². The van der Waals surface area contributed by atoms with Gasteiger partial charge in [-0.2, -0.15) is 0 Å². The first kappa shape index (κ1) is 13.9. The Hall–Kier alpha value is -2.50. The van der Waals surface area contributed by atoms with E-state index in [2.05, 4.69) is 10.3 Å². The number of amides is 1. The van der Waals surface area contributed by atoms with Crippen LogP contribution in [-0.2, 0) is 17.9 Å². The zero-order valence-electron chi connectivity index (χ0n) is 11.2. The monoisotopic (exact) mass is 274 g/mol. The number of nitrogens with two attached hydrogens (primary N) is 1. The molecule has 20 heavy (non-hydrogen) atoms. The van der Waals surface area contributed by atoms with E-state index in [-0.39, 0.29) is 6.61 Å². The number of nitrogens with one attached hydrogen (secondary N) is 1. The number of hydrogen-bond acceptors (Lipinski definition) is 4. The third kappa shape index (κ3) is 4.31. The van der Waals surface area contributed by atoms with Gasteiger partial charge < -0.3 is 20.4 Å². The highest BCUT2D eigenvalue weighted by molar-refractivity contribution is 5.67. The molecule has 0 saturated heterocycles. The Morgan fingerprint density at radius 3 is 2.85 bits per heavy atom. The van der Waals surface area contributed by atoms with Gasteiger partial charge in [-0.05, 0) is 12.0 Å². The fraction of sp³-hybridized carbons (Fsp3) is 0.286. The normalized spacial score (nSPS) is 10.2. The Labute approximate surface area is 117 Å². The van der Waals surface area contributed by atoms with Crippen molar-refractivity contribution in [1.29, 1.82) is 0 Å². The van der Waals surface area contributed by atoms with Crippen LogP contribution in [0.2, 0.25) is 0 Å². The van der Waals surface area contributed by atoms with Crippen LogP contribution < -0.4 is 11.1 Å². The quantitative estimate of drug-likeness (QED) is 0.787. The van der Waals surface area contributed by atoms with Crippen LogP contribution >= 0.6 is 0 Å². The molecule has 0 spiro atoms. The molecule has 6 heteroatoms. The van der Waals surface area contributed by atoms with Crippen LogP contribution in [0, 0.1) is 0 Å². The van der Waals surface area contributed by atoms with E-state index < -0.39 is 6.09 Å². The second-order valence-corrected chi connectivity index (χ2v) is 4.32. The van der Waals surface area contributed by atoms with Gasteiger partial charge in [0.25, 0.3) is 0 Å². The van der Waals surface area contributed by atoms with E-state index in [0.717, 1.165) is 12.0 Å². The fourth-order valence-electron chi connectivity index (χ4n) is 1.74. The highest BCUT2D eigenvalue weighted by Crippen LogP contribution is 2.01. The van der Waals surface area contributed by atoms with Crippen LogP contribution in [0.25, 0.3) is 0 Å².